The van der Waals surface area contributed by atoms with Gasteiger partial charge in [0.2, 0.25) is 5.91 Å². The Morgan fingerprint density at radius 2 is 1.83 bits per heavy atom. The van der Waals surface area contributed by atoms with E-state index in [0.29, 0.717) is 50.5 Å². The Hall–Kier alpha value is -3.66. The van der Waals surface area contributed by atoms with Gasteiger partial charge in [-0.25, -0.2) is 4.98 Å². The molecular formula is C27H29N7O2. The van der Waals surface area contributed by atoms with Crippen molar-refractivity contribution >= 4 is 28.4 Å². The molecule has 0 spiro atoms. The molecule has 0 saturated carbocycles. The Bertz CT molecular complexity index is 1400. The van der Waals surface area contributed by atoms with Gasteiger partial charge < -0.3 is 14.5 Å². The minimum absolute atomic E-state index is 0.0667. The Balaban J connectivity index is 1.46. The van der Waals surface area contributed by atoms with Crippen LogP contribution in [0.3, 0.4) is 0 Å². The third-order valence-corrected chi connectivity index (χ3v) is 7.82. The predicted molar refractivity (Wildman–Crippen MR) is 134 cm³/mol. The topological polar surface area (TPSA) is 101 Å². The molecule has 36 heavy (non-hydrogen) atoms. The van der Waals surface area contributed by atoms with E-state index >= 15 is 0 Å². The number of amides is 1. The lowest BCUT2D eigenvalue weighted by Crippen LogP contribution is -2.46. The second kappa shape index (κ2) is 9.42. The number of morpholine rings is 1. The highest BCUT2D eigenvalue weighted by molar-refractivity contribution is 5.87. The minimum Gasteiger partial charge on any atom is -0.379 e. The van der Waals surface area contributed by atoms with Gasteiger partial charge in [0.1, 0.15) is 11.9 Å². The Labute approximate surface area is 210 Å². The first-order chi connectivity index (χ1) is 17.7. The van der Waals surface area contributed by atoms with Gasteiger partial charge in [-0.3, -0.25) is 14.1 Å². The second-order valence-electron chi connectivity index (χ2n) is 9.87. The molecule has 3 aliphatic heterocycles. The molecule has 3 aromatic rings. The molecule has 1 amide bonds. The predicted octanol–water partition coefficient (Wildman–Crippen LogP) is 2.32. The third kappa shape index (κ3) is 3.85. The van der Waals surface area contributed by atoms with Crippen LogP contribution in [0.15, 0.2) is 24.3 Å². The molecule has 2 saturated heterocycles. The number of fused-ring (bicyclic) bond motifs is 4. The number of benzene rings is 1. The van der Waals surface area contributed by atoms with Crippen molar-refractivity contribution in [2.45, 2.75) is 25.8 Å². The number of nitrogens with zero attached hydrogens (tertiary/aromatic N) is 7. The van der Waals surface area contributed by atoms with Crippen LogP contribution in [-0.2, 0) is 22.5 Å². The van der Waals surface area contributed by atoms with E-state index in [1.54, 1.807) is 0 Å². The van der Waals surface area contributed by atoms with Gasteiger partial charge >= 0.3 is 0 Å². The molecule has 2 aromatic heterocycles. The maximum Gasteiger partial charge on any atom is 0.237 e. The van der Waals surface area contributed by atoms with E-state index in [-0.39, 0.29) is 11.8 Å². The van der Waals surface area contributed by atoms with Gasteiger partial charge in [0.25, 0.3) is 0 Å². The number of aromatic nitrogens is 2. The van der Waals surface area contributed by atoms with E-state index in [1.807, 2.05) is 29.2 Å². The Morgan fingerprint density at radius 3 is 2.58 bits per heavy atom. The summed E-state index contributed by atoms with van der Waals surface area (Å²) in [7, 11) is 0. The fourth-order valence-electron chi connectivity index (χ4n) is 5.86. The summed E-state index contributed by atoms with van der Waals surface area (Å²) in [6, 6.07) is 12.8. The molecular weight excluding hydrogens is 454 g/mol. The lowest BCUT2D eigenvalue weighted by molar-refractivity contribution is -0.134. The number of rotatable bonds is 3. The highest BCUT2D eigenvalue weighted by Crippen LogP contribution is 2.38. The summed E-state index contributed by atoms with van der Waals surface area (Å²) >= 11 is 0. The highest BCUT2D eigenvalue weighted by atomic mass is 16.5. The molecule has 0 radical (unpaired) electrons. The zero-order valence-electron chi connectivity index (χ0n) is 20.3. The first-order valence-corrected chi connectivity index (χ1v) is 12.8. The van der Waals surface area contributed by atoms with Crippen LogP contribution >= 0.6 is 0 Å². The van der Waals surface area contributed by atoms with Gasteiger partial charge in [0.05, 0.1) is 42.4 Å². The van der Waals surface area contributed by atoms with Crippen LogP contribution < -0.4 is 4.90 Å². The third-order valence-electron chi connectivity index (χ3n) is 7.82. The van der Waals surface area contributed by atoms with Gasteiger partial charge in [0, 0.05) is 50.7 Å². The van der Waals surface area contributed by atoms with Gasteiger partial charge in [0.15, 0.2) is 5.65 Å². The van der Waals surface area contributed by atoms with Crippen LogP contribution in [0.5, 0.6) is 0 Å². The van der Waals surface area contributed by atoms with Crippen LogP contribution in [0.2, 0.25) is 0 Å². The van der Waals surface area contributed by atoms with Crippen molar-refractivity contribution in [2.75, 3.05) is 57.4 Å². The van der Waals surface area contributed by atoms with Crippen molar-refractivity contribution in [3.63, 3.8) is 0 Å². The zero-order chi connectivity index (χ0) is 24.6. The highest BCUT2D eigenvalue weighted by Gasteiger charge is 2.33. The van der Waals surface area contributed by atoms with Crippen molar-refractivity contribution in [3.8, 4) is 12.1 Å². The summed E-state index contributed by atoms with van der Waals surface area (Å²) in [5, 5.41) is 19.7. The van der Waals surface area contributed by atoms with Gasteiger partial charge in [-0.15, -0.1) is 0 Å². The maximum atomic E-state index is 13.3. The molecule has 2 fully saturated rings. The lowest BCUT2D eigenvalue weighted by atomic mass is 9.93. The average molecular weight is 484 g/mol. The van der Waals surface area contributed by atoms with Crippen molar-refractivity contribution in [2.24, 2.45) is 5.92 Å². The van der Waals surface area contributed by atoms with Crippen LogP contribution in [0.1, 0.15) is 29.5 Å². The van der Waals surface area contributed by atoms with E-state index in [2.05, 4.69) is 26.3 Å². The zero-order valence-corrected chi connectivity index (χ0v) is 20.3. The monoisotopic (exact) mass is 483 g/mol. The number of para-hydroxylation sites is 2. The van der Waals surface area contributed by atoms with Crippen LogP contribution in [-0.4, -0.2) is 77.6 Å². The molecule has 0 aliphatic carbocycles. The van der Waals surface area contributed by atoms with Gasteiger partial charge in [-0.2, -0.15) is 10.5 Å². The summed E-state index contributed by atoms with van der Waals surface area (Å²) in [5.41, 5.74) is 5.15. The lowest BCUT2D eigenvalue weighted by Gasteiger charge is -2.38. The fraction of sp³-hybridized carbons (Fsp3) is 0.481. The Kier molecular flexibility index (Phi) is 5.96. The molecule has 9 nitrogen and oxygen atoms in total. The SMILES string of the molecule is N#Cc1c2c(c(N3CCC(C#N)CC3)n3c1nc1ccccc13)CN(C(=O)CN1CCOCC1)CC2. The quantitative estimate of drug-likeness (QED) is 0.563. The van der Waals surface area contributed by atoms with E-state index in [0.717, 1.165) is 67.0 Å². The number of nitriles is 2. The fourth-order valence-corrected chi connectivity index (χ4v) is 5.86. The van der Waals surface area contributed by atoms with Crippen molar-refractivity contribution in [1.82, 2.24) is 19.2 Å². The number of ether oxygens (including phenoxy) is 1. The molecule has 184 valence electrons. The largest absolute Gasteiger partial charge is 0.379 e. The van der Waals surface area contributed by atoms with Crippen molar-refractivity contribution in [1.29, 1.82) is 10.5 Å². The van der Waals surface area contributed by atoms with Crippen LogP contribution in [0.4, 0.5) is 5.82 Å². The Morgan fingerprint density at radius 1 is 1.06 bits per heavy atom. The van der Waals surface area contributed by atoms with E-state index < -0.39 is 0 Å². The molecule has 0 unspecified atom stereocenters. The normalized spacial score (nSPS) is 19.3. The number of piperidine rings is 1. The number of hydrogen-bond donors (Lipinski definition) is 0. The molecule has 1 aromatic carbocycles. The van der Waals surface area contributed by atoms with Gasteiger partial charge in [-0.05, 0) is 37.0 Å². The number of pyridine rings is 1. The molecule has 0 atom stereocenters. The van der Waals surface area contributed by atoms with E-state index in [1.165, 1.54) is 0 Å². The van der Waals surface area contributed by atoms with E-state index in [9.17, 15) is 15.3 Å². The molecule has 0 N–H and O–H groups in total. The average Bonchev–Trinajstić information content (AvgIpc) is 3.31. The number of carbonyl (C=O) groups excluding carboxylic acids is 1. The number of carbonyl (C=O) groups is 1. The number of anilines is 1. The van der Waals surface area contributed by atoms with Gasteiger partial charge in [-0.1, -0.05) is 12.1 Å². The number of imidazole rings is 1. The summed E-state index contributed by atoms with van der Waals surface area (Å²) in [6.07, 6.45) is 2.24. The number of hydrogen-bond acceptors (Lipinski definition) is 7. The second-order valence-corrected chi connectivity index (χ2v) is 9.87. The summed E-state index contributed by atoms with van der Waals surface area (Å²) in [6.45, 7) is 5.86. The van der Waals surface area contributed by atoms with Crippen LogP contribution in [0, 0.1) is 28.6 Å². The van der Waals surface area contributed by atoms with Crippen LogP contribution in [0.25, 0.3) is 16.7 Å². The smallest absolute Gasteiger partial charge is 0.237 e. The molecule has 6 rings (SSSR count). The van der Waals surface area contributed by atoms with Crippen molar-refractivity contribution < 1.29 is 9.53 Å². The first-order valence-electron chi connectivity index (χ1n) is 12.8. The maximum absolute atomic E-state index is 13.3. The molecule has 0 bridgehead atoms. The van der Waals surface area contributed by atoms with E-state index in [4.69, 9.17) is 9.72 Å². The van der Waals surface area contributed by atoms with Crippen molar-refractivity contribution in [3.05, 3.63) is 41.0 Å². The molecule has 5 heterocycles. The minimum atomic E-state index is 0.0667. The molecule has 3 aliphatic rings. The standard InChI is InChI=1S/C27H29N7O2/c28-15-19-5-8-32(9-6-19)27-22-17-33(25(35)18-31-11-13-36-14-12-31)10-7-20(22)21(16-29)26-30-23-3-1-2-4-24(23)34(26)27/h1-4,19H,5-14,17-18H2. The summed E-state index contributed by atoms with van der Waals surface area (Å²) < 4.78 is 7.55. The first kappa shape index (κ1) is 22.8. The summed E-state index contributed by atoms with van der Waals surface area (Å²) in [5.74, 6) is 1.20. The molecule has 9 heteroatoms. The summed E-state index contributed by atoms with van der Waals surface area (Å²) in [4.78, 5) is 24.6.